The molecule has 1 saturated carbocycles. The molecule has 1 N–H and O–H groups in total. The normalized spacial score (nSPS) is 22.6. The van der Waals surface area contributed by atoms with E-state index in [-0.39, 0.29) is 18.4 Å². The Bertz CT molecular complexity index is 495. The zero-order valence-electron chi connectivity index (χ0n) is 11.5. The predicted octanol–water partition coefficient (Wildman–Crippen LogP) is 2.78. The zero-order chi connectivity index (χ0) is 14.7. The van der Waals surface area contributed by atoms with Crippen LogP contribution in [0.25, 0.3) is 0 Å². The molecule has 0 bridgehead atoms. The van der Waals surface area contributed by atoms with Crippen LogP contribution in [0, 0.1) is 5.82 Å². The molecule has 20 heavy (non-hydrogen) atoms. The highest BCUT2D eigenvalue weighted by atomic mass is 35.5. The lowest BCUT2D eigenvalue weighted by Crippen LogP contribution is -2.46. The minimum Gasteiger partial charge on any atom is -0.391 e. The van der Waals surface area contributed by atoms with Crippen LogP contribution in [-0.4, -0.2) is 35.1 Å². The first-order chi connectivity index (χ1) is 9.49. The Kier molecular flexibility index (Phi) is 5.00. The summed E-state index contributed by atoms with van der Waals surface area (Å²) in [5, 5.41) is 10.3. The number of aliphatic hydroxyl groups is 1. The van der Waals surface area contributed by atoms with E-state index in [1.807, 2.05) is 0 Å². The fourth-order valence-corrected chi connectivity index (χ4v) is 2.84. The number of nitrogens with zero attached hydrogens (tertiary/aromatic N) is 1. The first-order valence-corrected chi connectivity index (χ1v) is 7.24. The first kappa shape index (κ1) is 15.3. The molecule has 0 aromatic heterocycles. The van der Waals surface area contributed by atoms with Crippen molar-refractivity contribution in [2.24, 2.45) is 0 Å². The summed E-state index contributed by atoms with van der Waals surface area (Å²) in [4.78, 5) is 13.8. The number of hydrogen-bond acceptors (Lipinski definition) is 2. The van der Waals surface area contributed by atoms with Gasteiger partial charge in [0.25, 0.3) is 0 Å². The van der Waals surface area contributed by atoms with E-state index in [9.17, 15) is 14.3 Å². The SMILES string of the molecule is CN(C(=O)Cc1ccc(Cl)cc1F)[C@H]1CCCC[C@@H]1O. The van der Waals surface area contributed by atoms with Gasteiger partial charge in [0, 0.05) is 12.1 Å². The van der Waals surface area contributed by atoms with Crippen molar-refractivity contribution in [2.75, 3.05) is 7.05 Å². The highest BCUT2D eigenvalue weighted by Crippen LogP contribution is 2.23. The van der Waals surface area contributed by atoms with E-state index >= 15 is 0 Å². The summed E-state index contributed by atoms with van der Waals surface area (Å²) in [5.74, 6) is -0.652. The Balaban J connectivity index is 2.03. The molecule has 1 aliphatic carbocycles. The van der Waals surface area contributed by atoms with Gasteiger partial charge in [-0.25, -0.2) is 4.39 Å². The van der Waals surface area contributed by atoms with Gasteiger partial charge in [0.2, 0.25) is 5.91 Å². The highest BCUT2D eigenvalue weighted by Gasteiger charge is 2.29. The monoisotopic (exact) mass is 299 g/mol. The van der Waals surface area contributed by atoms with Crippen molar-refractivity contribution < 1.29 is 14.3 Å². The van der Waals surface area contributed by atoms with Gasteiger partial charge in [-0.2, -0.15) is 0 Å². The maximum atomic E-state index is 13.7. The third kappa shape index (κ3) is 3.49. The zero-order valence-corrected chi connectivity index (χ0v) is 12.2. The second kappa shape index (κ2) is 6.55. The van der Waals surface area contributed by atoms with E-state index < -0.39 is 11.9 Å². The molecule has 0 unspecified atom stereocenters. The number of aliphatic hydroxyl groups excluding tert-OH is 1. The number of hydrogen-bond donors (Lipinski definition) is 1. The molecule has 0 aliphatic heterocycles. The van der Waals surface area contributed by atoms with Crippen molar-refractivity contribution >= 4 is 17.5 Å². The smallest absolute Gasteiger partial charge is 0.227 e. The second-order valence-corrected chi connectivity index (χ2v) is 5.77. The van der Waals surface area contributed by atoms with Crippen LogP contribution in [0.4, 0.5) is 4.39 Å². The Morgan fingerprint density at radius 3 is 2.80 bits per heavy atom. The van der Waals surface area contributed by atoms with Gasteiger partial charge in [0.15, 0.2) is 0 Å². The molecule has 0 radical (unpaired) electrons. The van der Waals surface area contributed by atoms with Crippen LogP contribution in [0.2, 0.25) is 5.02 Å². The molecule has 0 saturated heterocycles. The molecule has 1 aliphatic rings. The van der Waals surface area contributed by atoms with Crippen LogP contribution in [0.1, 0.15) is 31.2 Å². The van der Waals surface area contributed by atoms with Gasteiger partial charge in [-0.15, -0.1) is 0 Å². The molecule has 2 atom stereocenters. The number of carbonyl (C=O) groups is 1. The van der Waals surface area contributed by atoms with Gasteiger partial charge in [-0.05, 0) is 30.5 Å². The number of amides is 1. The average Bonchev–Trinajstić information content (AvgIpc) is 2.41. The minimum absolute atomic E-state index is 0.0112. The molecular formula is C15H19ClFNO2. The van der Waals surface area contributed by atoms with Crippen molar-refractivity contribution in [3.8, 4) is 0 Å². The summed E-state index contributed by atoms with van der Waals surface area (Å²) in [7, 11) is 1.68. The van der Waals surface area contributed by atoms with Gasteiger partial charge in [-0.3, -0.25) is 4.79 Å². The number of carbonyl (C=O) groups excluding carboxylic acids is 1. The van der Waals surface area contributed by atoms with Crippen LogP contribution < -0.4 is 0 Å². The molecular weight excluding hydrogens is 281 g/mol. The topological polar surface area (TPSA) is 40.5 Å². The summed E-state index contributed by atoms with van der Waals surface area (Å²) in [6.07, 6.45) is 3.03. The van der Waals surface area contributed by atoms with E-state index in [4.69, 9.17) is 11.6 Å². The fourth-order valence-electron chi connectivity index (χ4n) is 2.68. The third-order valence-electron chi connectivity index (χ3n) is 3.94. The van der Waals surface area contributed by atoms with Crippen LogP contribution in [0.15, 0.2) is 18.2 Å². The number of rotatable bonds is 3. The first-order valence-electron chi connectivity index (χ1n) is 6.86. The molecule has 0 heterocycles. The van der Waals surface area contributed by atoms with Gasteiger partial charge in [-0.1, -0.05) is 30.5 Å². The quantitative estimate of drug-likeness (QED) is 0.932. The summed E-state index contributed by atoms with van der Waals surface area (Å²) < 4.78 is 13.7. The average molecular weight is 300 g/mol. The standard InChI is InChI=1S/C15H19ClFNO2/c1-18(13-4-2-3-5-14(13)19)15(20)8-10-6-7-11(16)9-12(10)17/h6-7,9,13-14,19H,2-5,8H2,1H3/t13-,14-/m0/s1. The molecule has 2 rings (SSSR count). The summed E-state index contributed by atoms with van der Waals surface area (Å²) in [6, 6.07) is 4.15. The highest BCUT2D eigenvalue weighted by molar-refractivity contribution is 6.30. The number of benzene rings is 1. The second-order valence-electron chi connectivity index (χ2n) is 5.34. The molecule has 1 aromatic carbocycles. The largest absolute Gasteiger partial charge is 0.391 e. The maximum Gasteiger partial charge on any atom is 0.227 e. The van der Waals surface area contributed by atoms with Gasteiger partial charge in [0.1, 0.15) is 5.82 Å². The van der Waals surface area contributed by atoms with Crippen molar-refractivity contribution in [3.63, 3.8) is 0 Å². The number of likely N-dealkylation sites (N-methyl/N-ethyl adjacent to an activating group) is 1. The van der Waals surface area contributed by atoms with Crippen LogP contribution >= 0.6 is 11.6 Å². The molecule has 0 spiro atoms. The lowest BCUT2D eigenvalue weighted by Gasteiger charge is -2.35. The molecule has 1 amide bonds. The summed E-state index contributed by atoms with van der Waals surface area (Å²) >= 11 is 5.69. The Labute approximate surface area is 123 Å². The van der Waals surface area contributed by atoms with Crippen molar-refractivity contribution in [3.05, 3.63) is 34.6 Å². The third-order valence-corrected chi connectivity index (χ3v) is 4.18. The molecule has 1 fully saturated rings. The lowest BCUT2D eigenvalue weighted by atomic mass is 9.91. The van der Waals surface area contributed by atoms with Crippen molar-refractivity contribution in [1.82, 2.24) is 4.90 Å². The molecule has 3 nitrogen and oxygen atoms in total. The van der Waals surface area contributed by atoms with Crippen molar-refractivity contribution in [1.29, 1.82) is 0 Å². The Hall–Kier alpha value is -1.13. The van der Waals surface area contributed by atoms with E-state index in [0.717, 1.165) is 25.7 Å². The van der Waals surface area contributed by atoms with Gasteiger partial charge < -0.3 is 10.0 Å². The van der Waals surface area contributed by atoms with Crippen LogP contribution in [-0.2, 0) is 11.2 Å². The fraction of sp³-hybridized carbons (Fsp3) is 0.533. The summed E-state index contributed by atoms with van der Waals surface area (Å²) in [5.41, 5.74) is 0.330. The lowest BCUT2D eigenvalue weighted by molar-refractivity contribution is -0.134. The van der Waals surface area contributed by atoms with E-state index in [1.54, 1.807) is 18.0 Å². The van der Waals surface area contributed by atoms with E-state index in [2.05, 4.69) is 0 Å². The maximum absolute atomic E-state index is 13.7. The van der Waals surface area contributed by atoms with Gasteiger partial charge >= 0.3 is 0 Å². The minimum atomic E-state index is -0.479. The Morgan fingerprint density at radius 1 is 1.45 bits per heavy atom. The molecule has 5 heteroatoms. The summed E-state index contributed by atoms with van der Waals surface area (Å²) in [6.45, 7) is 0. The molecule has 1 aromatic rings. The Morgan fingerprint density at radius 2 is 2.15 bits per heavy atom. The van der Waals surface area contributed by atoms with Gasteiger partial charge in [0.05, 0.1) is 18.6 Å². The molecule has 110 valence electrons. The van der Waals surface area contributed by atoms with E-state index in [0.29, 0.717) is 10.6 Å². The van der Waals surface area contributed by atoms with Crippen LogP contribution in [0.5, 0.6) is 0 Å². The van der Waals surface area contributed by atoms with E-state index in [1.165, 1.54) is 12.1 Å². The van der Waals surface area contributed by atoms with Crippen molar-refractivity contribution in [2.45, 2.75) is 44.2 Å². The van der Waals surface area contributed by atoms with Crippen LogP contribution in [0.3, 0.4) is 0 Å². The predicted molar refractivity (Wildman–Crippen MR) is 76.1 cm³/mol. The number of halogens is 2.